The lowest BCUT2D eigenvalue weighted by Gasteiger charge is -2.09. The minimum atomic E-state index is -0.206. The molecule has 1 N–H and O–H groups in total. The molecule has 0 aliphatic rings. The van der Waals surface area contributed by atoms with Crippen molar-refractivity contribution in [1.82, 2.24) is 4.57 Å². The predicted molar refractivity (Wildman–Crippen MR) is 80.0 cm³/mol. The van der Waals surface area contributed by atoms with Crippen LogP contribution in [0.4, 0.5) is 5.69 Å². The number of aryl methyl sites for hydroxylation is 3. The lowest BCUT2D eigenvalue weighted by Crippen LogP contribution is -2.28. The highest BCUT2D eigenvalue weighted by molar-refractivity contribution is 5.90. The second kappa shape index (κ2) is 5.74. The van der Waals surface area contributed by atoms with Gasteiger partial charge in [-0.05, 0) is 50.1 Å². The third-order valence-corrected chi connectivity index (χ3v) is 3.03. The number of hydrogen-bond acceptors (Lipinski definition) is 2. The summed E-state index contributed by atoms with van der Waals surface area (Å²) in [5.74, 6) is -0.206. The Morgan fingerprint density at radius 2 is 1.80 bits per heavy atom. The average Bonchev–Trinajstić information content (AvgIpc) is 2.33. The molecule has 2 rings (SSSR count). The number of hydrogen-bond donors (Lipinski definition) is 1. The summed E-state index contributed by atoms with van der Waals surface area (Å²) >= 11 is 0. The Morgan fingerprint density at radius 3 is 2.45 bits per heavy atom. The number of amides is 1. The number of carbonyl (C=O) groups is 1. The largest absolute Gasteiger partial charge is 0.325 e. The molecule has 2 aromatic rings. The van der Waals surface area contributed by atoms with Gasteiger partial charge in [-0.2, -0.15) is 0 Å². The molecule has 4 nitrogen and oxygen atoms in total. The molecule has 1 heterocycles. The topological polar surface area (TPSA) is 51.1 Å². The van der Waals surface area contributed by atoms with Crippen LogP contribution >= 0.6 is 0 Å². The molecule has 0 aliphatic heterocycles. The Labute approximate surface area is 118 Å². The lowest BCUT2D eigenvalue weighted by molar-refractivity contribution is -0.116. The van der Waals surface area contributed by atoms with E-state index in [-0.39, 0.29) is 18.0 Å². The molecule has 0 aliphatic carbocycles. The van der Waals surface area contributed by atoms with Gasteiger partial charge in [-0.15, -0.1) is 0 Å². The van der Waals surface area contributed by atoms with E-state index in [2.05, 4.69) is 5.32 Å². The summed E-state index contributed by atoms with van der Waals surface area (Å²) in [7, 11) is 0. The van der Waals surface area contributed by atoms with Crippen LogP contribution in [-0.2, 0) is 11.3 Å². The maximum absolute atomic E-state index is 12.0. The van der Waals surface area contributed by atoms with E-state index < -0.39 is 0 Å². The number of carbonyl (C=O) groups excluding carboxylic acids is 1. The quantitative estimate of drug-likeness (QED) is 0.931. The fourth-order valence-electron chi connectivity index (χ4n) is 2.18. The van der Waals surface area contributed by atoms with Crippen LogP contribution in [0.3, 0.4) is 0 Å². The van der Waals surface area contributed by atoms with Crippen molar-refractivity contribution in [3.8, 4) is 0 Å². The SMILES string of the molecule is Cc1cc(C)cc(NC(=O)Cn2cccc(C)c2=O)c1. The van der Waals surface area contributed by atoms with Crippen molar-refractivity contribution in [2.75, 3.05) is 5.32 Å². The van der Waals surface area contributed by atoms with Crippen LogP contribution in [0.15, 0.2) is 41.3 Å². The molecule has 104 valence electrons. The van der Waals surface area contributed by atoms with Crippen LogP contribution in [0.2, 0.25) is 0 Å². The molecule has 1 amide bonds. The van der Waals surface area contributed by atoms with E-state index in [0.29, 0.717) is 5.56 Å². The van der Waals surface area contributed by atoms with Crippen molar-refractivity contribution in [2.24, 2.45) is 0 Å². The first kappa shape index (κ1) is 14.1. The summed E-state index contributed by atoms with van der Waals surface area (Å²) in [4.78, 5) is 23.8. The third kappa shape index (κ3) is 3.35. The third-order valence-electron chi connectivity index (χ3n) is 3.03. The lowest BCUT2D eigenvalue weighted by atomic mass is 10.1. The second-order valence-electron chi connectivity index (χ2n) is 5.05. The maximum atomic E-state index is 12.0. The Morgan fingerprint density at radius 1 is 1.15 bits per heavy atom. The van der Waals surface area contributed by atoms with Gasteiger partial charge in [-0.3, -0.25) is 9.59 Å². The van der Waals surface area contributed by atoms with Crippen LogP contribution in [0.25, 0.3) is 0 Å². The van der Waals surface area contributed by atoms with E-state index in [0.717, 1.165) is 16.8 Å². The highest BCUT2D eigenvalue weighted by Crippen LogP contribution is 2.13. The van der Waals surface area contributed by atoms with Gasteiger partial charge in [-0.25, -0.2) is 0 Å². The molecule has 0 saturated heterocycles. The van der Waals surface area contributed by atoms with Gasteiger partial charge in [0.2, 0.25) is 5.91 Å². The summed E-state index contributed by atoms with van der Waals surface area (Å²) in [6.45, 7) is 5.72. The molecular weight excluding hydrogens is 252 g/mol. The van der Waals surface area contributed by atoms with Gasteiger partial charge < -0.3 is 9.88 Å². The minimum Gasteiger partial charge on any atom is -0.325 e. The fourth-order valence-corrected chi connectivity index (χ4v) is 2.18. The maximum Gasteiger partial charge on any atom is 0.253 e. The standard InChI is InChI=1S/C16H18N2O2/c1-11-7-12(2)9-14(8-11)17-15(19)10-18-6-4-5-13(3)16(18)20/h4-9H,10H2,1-3H3,(H,17,19). The van der Waals surface area contributed by atoms with Gasteiger partial charge in [-0.1, -0.05) is 12.1 Å². The van der Waals surface area contributed by atoms with Gasteiger partial charge in [0.05, 0.1) is 0 Å². The van der Waals surface area contributed by atoms with Crippen molar-refractivity contribution in [3.05, 3.63) is 63.6 Å². The first-order valence-corrected chi connectivity index (χ1v) is 6.50. The minimum absolute atomic E-state index is 0.0213. The normalized spacial score (nSPS) is 10.3. The molecule has 20 heavy (non-hydrogen) atoms. The van der Waals surface area contributed by atoms with Crippen LogP contribution in [-0.4, -0.2) is 10.5 Å². The van der Waals surface area contributed by atoms with Gasteiger partial charge in [0, 0.05) is 17.4 Å². The molecule has 0 spiro atoms. The predicted octanol–water partition coefficient (Wildman–Crippen LogP) is 2.41. The van der Waals surface area contributed by atoms with E-state index in [1.165, 1.54) is 4.57 Å². The smallest absolute Gasteiger partial charge is 0.253 e. The zero-order valence-electron chi connectivity index (χ0n) is 11.9. The van der Waals surface area contributed by atoms with Crippen LogP contribution in [0.5, 0.6) is 0 Å². The zero-order valence-corrected chi connectivity index (χ0v) is 11.9. The van der Waals surface area contributed by atoms with Crippen LogP contribution in [0.1, 0.15) is 16.7 Å². The molecule has 0 fully saturated rings. The van der Waals surface area contributed by atoms with E-state index in [1.807, 2.05) is 32.0 Å². The summed E-state index contributed by atoms with van der Waals surface area (Å²) in [6, 6.07) is 9.36. The number of nitrogens with zero attached hydrogens (tertiary/aromatic N) is 1. The molecule has 0 saturated carbocycles. The molecule has 0 radical (unpaired) electrons. The number of nitrogens with one attached hydrogen (secondary N) is 1. The van der Waals surface area contributed by atoms with Crippen molar-refractivity contribution >= 4 is 11.6 Å². The van der Waals surface area contributed by atoms with Crippen molar-refractivity contribution in [2.45, 2.75) is 27.3 Å². The molecule has 4 heteroatoms. The van der Waals surface area contributed by atoms with Crippen molar-refractivity contribution in [3.63, 3.8) is 0 Å². The number of pyridine rings is 1. The summed E-state index contributed by atoms with van der Waals surface area (Å²) in [6.07, 6.45) is 1.62. The van der Waals surface area contributed by atoms with Crippen LogP contribution in [0, 0.1) is 20.8 Å². The number of anilines is 1. The molecule has 1 aromatic carbocycles. The Balaban J connectivity index is 2.13. The highest BCUT2D eigenvalue weighted by atomic mass is 16.2. The van der Waals surface area contributed by atoms with E-state index in [4.69, 9.17) is 0 Å². The van der Waals surface area contributed by atoms with E-state index in [9.17, 15) is 9.59 Å². The van der Waals surface area contributed by atoms with E-state index >= 15 is 0 Å². The Hall–Kier alpha value is -2.36. The monoisotopic (exact) mass is 270 g/mol. The van der Waals surface area contributed by atoms with Crippen molar-refractivity contribution in [1.29, 1.82) is 0 Å². The zero-order chi connectivity index (χ0) is 14.7. The first-order chi connectivity index (χ1) is 9.45. The first-order valence-electron chi connectivity index (χ1n) is 6.50. The number of aromatic nitrogens is 1. The highest BCUT2D eigenvalue weighted by Gasteiger charge is 2.06. The molecule has 0 unspecified atom stereocenters. The molecular formula is C16H18N2O2. The van der Waals surface area contributed by atoms with Gasteiger partial charge in [0.25, 0.3) is 5.56 Å². The van der Waals surface area contributed by atoms with E-state index in [1.54, 1.807) is 25.3 Å². The van der Waals surface area contributed by atoms with Crippen molar-refractivity contribution < 1.29 is 4.79 Å². The van der Waals surface area contributed by atoms with Gasteiger partial charge in [0.15, 0.2) is 0 Å². The number of benzene rings is 1. The summed E-state index contributed by atoms with van der Waals surface area (Å²) < 4.78 is 1.41. The second-order valence-corrected chi connectivity index (χ2v) is 5.05. The van der Waals surface area contributed by atoms with Crippen LogP contribution < -0.4 is 10.9 Å². The molecule has 1 aromatic heterocycles. The van der Waals surface area contributed by atoms with Gasteiger partial charge >= 0.3 is 0 Å². The molecule has 0 atom stereocenters. The Kier molecular flexibility index (Phi) is 4.03. The average molecular weight is 270 g/mol. The number of rotatable bonds is 3. The summed E-state index contributed by atoms with van der Waals surface area (Å²) in [5.41, 5.74) is 3.43. The summed E-state index contributed by atoms with van der Waals surface area (Å²) in [5, 5.41) is 2.82. The fraction of sp³-hybridized carbons (Fsp3) is 0.250. The molecule has 0 bridgehead atoms. The van der Waals surface area contributed by atoms with Gasteiger partial charge in [0.1, 0.15) is 6.54 Å². The Bertz CT molecular complexity index is 682.